The summed E-state index contributed by atoms with van der Waals surface area (Å²) in [7, 11) is 1.68. The Balaban J connectivity index is 1.78. The van der Waals surface area contributed by atoms with Crippen molar-refractivity contribution in [2.75, 3.05) is 13.6 Å². The van der Waals surface area contributed by atoms with E-state index >= 15 is 0 Å². The lowest BCUT2D eigenvalue weighted by Gasteiger charge is -2.22. The first-order valence-corrected chi connectivity index (χ1v) is 8.22. The molecule has 130 valence electrons. The molecule has 0 aliphatic heterocycles. The van der Waals surface area contributed by atoms with Gasteiger partial charge in [0.15, 0.2) is 0 Å². The molecule has 1 aromatic carbocycles. The van der Waals surface area contributed by atoms with Crippen molar-refractivity contribution in [2.24, 2.45) is 0 Å². The van der Waals surface area contributed by atoms with E-state index in [0.29, 0.717) is 6.54 Å². The molecule has 0 radical (unpaired) electrons. The third-order valence-electron chi connectivity index (χ3n) is 4.65. The highest BCUT2D eigenvalue weighted by Gasteiger charge is 2.26. The summed E-state index contributed by atoms with van der Waals surface area (Å²) < 4.78 is 1.04. The van der Waals surface area contributed by atoms with Gasteiger partial charge in [-0.2, -0.15) is 0 Å². The number of benzene rings is 1. The molecule has 1 aliphatic carbocycles. The van der Waals surface area contributed by atoms with E-state index in [4.69, 9.17) is 5.11 Å². The molecule has 1 N–H and O–H groups in total. The number of nitrogens with zero attached hydrogens (tertiary/aromatic N) is 2. The second-order valence-electron chi connectivity index (χ2n) is 6.37. The molecule has 3 rings (SSSR count). The van der Waals surface area contributed by atoms with Gasteiger partial charge in [0.05, 0.1) is 0 Å². The summed E-state index contributed by atoms with van der Waals surface area (Å²) in [6.45, 7) is 0.0722. The fourth-order valence-electron chi connectivity index (χ4n) is 3.42. The number of aryl methyl sites for hydroxylation is 1. The monoisotopic (exact) mass is 340 g/mol. The van der Waals surface area contributed by atoms with Crippen molar-refractivity contribution < 1.29 is 14.7 Å². The molecule has 1 aliphatic rings. The molecule has 0 saturated heterocycles. The Morgan fingerprint density at radius 2 is 2.00 bits per heavy atom. The van der Waals surface area contributed by atoms with Crippen LogP contribution in [0.4, 0.5) is 0 Å². The van der Waals surface area contributed by atoms with Crippen molar-refractivity contribution in [1.29, 1.82) is 0 Å². The summed E-state index contributed by atoms with van der Waals surface area (Å²) in [4.78, 5) is 37.4. The van der Waals surface area contributed by atoms with Gasteiger partial charge < -0.3 is 14.6 Å². The Labute approximate surface area is 145 Å². The molecule has 1 amide bonds. The number of likely N-dealkylation sites (N-methyl/N-ethyl adjacent to an activating group) is 1. The maximum Gasteiger partial charge on any atom is 0.323 e. The number of aliphatic carboxylic acids is 1. The molecule has 1 unspecified atom stereocenters. The van der Waals surface area contributed by atoms with E-state index in [0.717, 1.165) is 17.4 Å². The number of amides is 1. The normalized spacial score (nSPS) is 15.6. The Kier molecular flexibility index (Phi) is 4.70. The first kappa shape index (κ1) is 17.0. The van der Waals surface area contributed by atoms with Gasteiger partial charge in [-0.25, -0.2) is 0 Å². The van der Waals surface area contributed by atoms with Crippen molar-refractivity contribution in [1.82, 2.24) is 9.47 Å². The van der Waals surface area contributed by atoms with Crippen LogP contribution in [-0.2, 0) is 17.8 Å². The number of carbonyl (C=O) groups is 2. The van der Waals surface area contributed by atoms with Gasteiger partial charge >= 0.3 is 5.97 Å². The van der Waals surface area contributed by atoms with Gasteiger partial charge in [-0.3, -0.25) is 14.4 Å². The highest BCUT2D eigenvalue weighted by atomic mass is 16.4. The van der Waals surface area contributed by atoms with Crippen LogP contribution in [0.5, 0.6) is 0 Å². The third kappa shape index (κ3) is 3.47. The van der Waals surface area contributed by atoms with E-state index < -0.39 is 18.1 Å². The Hall–Kier alpha value is -2.89. The van der Waals surface area contributed by atoms with Gasteiger partial charge in [0, 0.05) is 25.7 Å². The fraction of sp³-hybridized carbons (Fsp3) is 0.316. The lowest BCUT2D eigenvalue weighted by Crippen LogP contribution is -2.36. The second-order valence-corrected chi connectivity index (χ2v) is 6.37. The second kappa shape index (κ2) is 6.93. The molecule has 25 heavy (non-hydrogen) atoms. The van der Waals surface area contributed by atoms with Gasteiger partial charge in [0.2, 0.25) is 0 Å². The molecule has 0 spiro atoms. The third-order valence-corrected chi connectivity index (χ3v) is 4.65. The van der Waals surface area contributed by atoms with Gasteiger partial charge in [-0.1, -0.05) is 24.3 Å². The smallest absolute Gasteiger partial charge is 0.323 e. The standard InChI is InChI=1S/C19H20N2O4/c1-20(11-14-9-8-13-5-2-3-6-15(13)14)18(24)16-7-4-10-21(19(16)25)12-17(22)23/h2-7,10,14H,8-9,11-12H2,1H3,(H,22,23). The lowest BCUT2D eigenvalue weighted by molar-refractivity contribution is -0.137. The number of aromatic nitrogens is 1. The van der Waals surface area contributed by atoms with E-state index in [9.17, 15) is 14.4 Å². The minimum atomic E-state index is -1.12. The van der Waals surface area contributed by atoms with Crippen LogP contribution in [-0.4, -0.2) is 40.0 Å². The SMILES string of the molecule is CN(CC1CCc2ccccc21)C(=O)c1cccn(CC(=O)O)c1=O. The van der Waals surface area contributed by atoms with Crippen molar-refractivity contribution in [3.05, 3.63) is 69.6 Å². The molecule has 6 heteroatoms. The molecule has 0 saturated carbocycles. The van der Waals surface area contributed by atoms with Crippen LogP contribution in [0.2, 0.25) is 0 Å². The number of pyridine rings is 1. The topological polar surface area (TPSA) is 79.6 Å². The zero-order valence-corrected chi connectivity index (χ0v) is 14.0. The Morgan fingerprint density at radius 1 is 1.24 bits per heavy atom. The Bertz CT molecular complexity index is 872. The molecule has 6 nitrogen and oxygen atoms in total. The highest BCUT2D eigenvalue weighted by Crippen LogP contribution is 2.33. The van der Waals surface area contributed by atoms with Crippen LogP contribution in [0.15, 0.2) is 47.4 Å². The van der Waals surface area contributed by atoms with E-state index in [2.05, 4.69) is 12.1 Å². The average Bonchev–Trinajstić information content (AvgIpc) is 2.99. The van der Waals surface area contributed by atoms with Gasteiger partial charge in [-0.15, -0.1) is 0 Å². The van der Waals surface area contributed by atoms with E-state index in [1.165, 1.54) is 29.5 Å². The summed E-state index contributed by atoms with van der Waals surface area (Å²) in [5.74, 6) is -1.24. The van der Waals surface area contributed by atoms with E-state index in [1.54, 1.807) is 11.9 Å². The number of hydrogen-bond donors (Lipinski definition) is 1. The molecular formula is C19H20N2O4. The van der Waals surface area contributed by atoms with Crippen LogP contribution in [0.25, 0.3) is 0 Å². The van der Waals surface area contributed by atoms with Crippen LogP contribution >= 0.6 is 0 Å². The first-order chi connectivity index (χ1) is 12.0. The highest BCUT2D eigenvalue weighted by molar-refractivity contribution is 5.93. The molecule has 0 bridgehead atoms. The van der Waals surface area contributed by atoms with Gasteiger partial charge in [-0.05, 0) is 36.1 Å². The molecule has 0 fully saturated rings. The minimum absolute atomic E-state index is 0.00229. The van der Waals surface area contributed by atoms with E-state index in [1.807, 2.05) is 12.1 Å². The number of carboxylic acids is 1. The molecule has 1 heterocycles. The van der Waals surface area contributed by atoms with E-state index in [-0.39, 0.29) is 17.4 Å². The summed E-state index contributed by atoms with van der Waals surface area (Å²) in [5, 5.41) is 8.86. The maximum atomic E-state index is 12.7. The van der Waals surface area contributed by atoms with Gasteiger partial charge in [0.25, 0.3) is 11.5 Å². The van der Waals surface area contributed by atoms with Crippen molar-refractivity contribution >= 4 is 11.9 Å². The van der Waals surface area contributed by atoms with Crippen molar-refractivity contribution in [3.63, 3.8) is 0 Å². The summed E-state index contributed by atoms with van der Waals surface area (Å²) in [6.07, 6.45) is 3.36. The fourth-order valence-corrected chi connectivity index (χ4v) is 3.42. The summed E-state index contributed by atoms with van der Waals surface area (Å²) in [6, 6.07) is 11.2. The number of rotatable bonds is 5. The average molecular weight is 340 g/mol. The number of fused-ring (bicyclic) bond motifs is 1. The lowest BCUT2D eigenvalue weighted by atomic mass is 10.0. The quantitative estimate of drug-likeness (QED) is 0.899. The largest absolute Gasteiger partial charge is 0.480 e. The zero-order chi connectivity index (χ0) is 18.0. The zero-order valence-electron chi connectivity index (χ0n) is 14.0. The predicted molar refractivity (Wildman–Crippen MR) is 92.8 cm³/mol. The van der Waals surface area contributed by atoms with Crippen LogP contribution in [0.1, 0.15) is 33.8 Å². The number of carbonyl (C=O) groups excluding carboxylic acids is 1. The van der Waals surface area contributed by atoms with Crippen molar-refractivity contribution in [3.8, 4) is 0 Å². The number of carboxylic acid groups (broad SMARTS) is 1. The Morgan fingerprint density at radius 3 is 2.76 bits per heavy atom. The molecule has 1 aromatic heterocycles. The minimum Gasteiger partial charge on any atom is -0.480 e. The predicted octanol–water partition coefficient (Wildman–Crippen LogP) is 1.73. The first-order valence-electron chi connectivity index (χ1n) is 8.22. The van der Waals surface area contributed by atoms with Crippen LogP contribution in [0, 0.1) is 0 Å². The maximum absolute atomic E-state index is 12.7. The van der Waals surface area contributed by atoms with Crippen LogP contribution < -0.4 is 5.56 Å². The molecular weight excluding hydrogens is 320 g/mol. The molecule has 1 atom stereocenters. The van der Waals surface area contributed by atoms with Crippen molar-refractivity contribution in [2.45, 2.75) is 25.3 Å². The molecule has 2 aromatic rings. The summed E-state index contributed by atoms with van der Waals surface area (Å²) >= 11 is 0. The van der Waals surface area contributed by atoms with Gasteiger partial charge in [0.1, 0.15) is 12.1 Å². The van der Waals surface area contributed by atoms with Crippen LogP contribution in [0.3, 0.4) is 0 Å². The summed E-state index contributed by atoms with van der Waals surface area (Å²) in [5.41, 5.74) is 2.00. The number of hydrogen-bond acceptors (Lipinski definition) is 3.